The third-order valence-electron chi connectivity index (χ3n) is 6.17. The molecule has 0 unspecified atom stereocenters. The first kappa shape index (κ1) is 20.1. The fourth-order valence-electron chi connectivity index (χ4n) is 4.79. The molecule has 0 saturated carbocycles. The summed E-state index contributed by atoms with van der Waals surface area (Å²) in [5.41, 5.74) is 6.48. The Morgan fingerprint density at radius 2 is 1.83 bits per heavy atom. The first-order chi connectivity index (χ1) is 14.6. The summed E-state index contributed by atoms with van der Waals surface area (Å²) >= 11 is 14.6. The Bertz CT molecular complexity index is 1110. The molecule has 0 spiro atoms. The van der Waals surface area contributed by atoms with Crippen molar-refractivity contribution in [1.29, 1.82) is 0 Å². The summed E-state index contributed by atoms with van der Waals surface area (Å²) in [6, 6.07) is 21.4. The number of anilines is 1. The van der Waals surface area contributed by atoms with E-state index >= 15 is 0 Å². The maximum absolute atomic E-state index is 6.60. The van der Waals surface area contributed by atoms with E-state index in [0.717, 1.165) is 22.8 Å². The van der Waals surface area contributed by atoms with E-state index < -0.39 is 0 Å². The first-order valence-electron chi connectivity index (χ1n) is 10.3. The van der Waals surface area contributed by atoms with E-state index in [9.17, 15) is 0 Å². The number of rotatable bonds is 4. The number of aryl methyl sites for hydroxylation is 1. The van der Waals surface area contributed by atoms with Gasteiger partial charge in [-0.15, -0.1) is 11.8 Å². The fraction of sp³-hybridized carbons (Fsp3) is 0.231. The van der Waals surface area contributed by atoms with E-state index in [-0.39, 0.29) is 6.04 Å². The molecule has 1 heterocycles. The second-order valence-electron chi connectivity index (χ2n) is 8.12. The van der Waals surface area contributed by atoms with Crippen molar-refractivity contribution in [3.63, 3.8) is 0 Å². The fourth-order valence-corrected chi connectivity index (χ4v) is 6.17. The Morgan fingerprint density at radius 1 is 1.00 bits per heavy atom. The van der Waals surface area contributed by atoms with Crippen LogP contribution in [0, 0.1) is 12.8 Å². The Labute approximate surface area is 192 Å². The molecule has 5 rings (SSSR count). The minimum absolute atomic E-state index is 0.186. The number of hydrogen-bond acceptors (Lipinski definition) is 2. The van der Waals surface area contributed by atoms with Crippen LogP contribution in [-0.4, -0.2) is 0 Å². The van der Waals surface area contributed by atoms with E-state index in [1.54, 1.807) is 0 Å². The van der Waals surface area contributed by atoms with Gasteiger partial charge >= 0.3 is 0 Å². The maximum Gasteiger partial charge on any atom is 0.0568 e. The lowest BCUT2D eigenvalue weighted by Crippen LogP contribution is -2.30. The summed E-state index contributed by atoms with van der Waals surface area (Å²) in [6.07, 6.45) is 5.77. The minimum Gasteiger partial charge on any atom is -0.377 e. The second kappa shape index (κ2) is 8.34. The van der Waals surface area contributed by atoms with Crippen LogP contribution in [0.25, 0.3) is 0 Å². The van der Waals surface area contributed by atoms with Crippen molar-refractivity contribution in [3.05, 3.63) is 105 Å². The number of halogens is 2. The van der Waals surface area contributed by atoms with Gasteiger partial charge in [-0.25, -0.2) is 0 Å². The van der Waals surface area contributed by atoms with Crippen LogP contribution in [0.3, 0.4) is 0 Å². The minimum atomic E-state index is 0.186. The highest BCUT2D eigenvalue weighted by Gasteiger charge is 2.39. The van der Waals surface area contributed by atoms with Crippen molar-refractivity contribution in [1.82, 2.24) is 0 Å². The summed E-state index contributed by atoms with van der Waals surface area (Å²) in [5.74, 6) is 1.86. The van der Waals surface area contributed by atoms with Gasteiger partial charge in [-0.05, 0) is 65.8 Å². The normalized spacial score (nSPS) is 21.8. The lowest BCUT2D eigenvalue weighted by atomic mass is 9.76. The monoisotopic (exact) mass is 451 g/mol. The van der Waals surface area contributed by atoms with Gasteiger partial charge in [0.05, 0.1) is 6.04 Å². The molecule has 30 heavy (non-hydrogen) atoms. The molecule has 0 radical (unpaired) electrons. The van der Waals surface area contributed by atoms with Crippen molar-refractivity contribution in [3.8, 4) is 0 Å². The van der Waals surface area contributed by atoms with Gasteiger partial charge in [0.25, 0.3) is 0 Å². The molecule has 1 nitrogen and oxygen atoms in total. The molecular weight excluding hydrogens is 429 g/mol. The summed E-state index contributed by atoms with van der Waals surface area (Å²) in [6.45, 7) is 2.21. The average Bonchev–Trinajstić information content (AvgIpc) is 3.23. The van der Waals surface area contributed by atoms with Gasteiger partial charge in [0.1, 0.15) is 0 Å². The Balaban J connectivity index is 1.48. The average molecular weight is 452 g/mol. The smallest absolute Gasteiger partial charge is 0.0568 e. The van der Waals surface area contributed by atoms with Crippen LogP contribution in [0.1, 0.15) is 40.6 Å². The number of hydrogen-bond donors (Lipinski definition) is 1. The van der Waals surface area contributed by atoms with Crippen molar-refractivity contribution in [2.45, 2.75) is 36.0 Å². The Morgan fingerprint density at radius 3 is 2.63 bits per heavy atom. The highest BCUT2D eigenvalue weighted by Crippen LogP contribution is 2.52. The van der Waals surface area contributed by atoms with Crippen LogP contribution >= 0.6 is 35.0 Å². The lowest BCUT2D eigenvalue weighted by molar-refractivity contribution is 0.425. The molecule has 0 saturated heterocycles. The number of fused-ring (bicyclic) bond motifs is 3. The van der Waals surface area contributed by atoms with Crippen molar-refractivity contribution in [2.24, 2.45) is 5.92 Å². The van der Waals surface area contributed by atoms with Crippen LogP contribution in [0.4, 0.5) is 5.69 Å². The van der Waals surface area contributed by atoms with Crippen LogP contribution in [0.5, 0.6) is 0 Å². The standard InChI is InChI=1S/C26H23Cl2NS/c1-16-12-17(15-30-19-6-3-2-4-7-19)13-23-20-8-5-9-21(20)26(29-25(16)23)22-11-10-18(27)14-24(22)28/h2-8,10-14,20-21,26,29H,9,15H2,1H3/t20-,21-,26+/m1/s1. The van der Waals surface area contributed by atoms with Crippen LogP contribution in [0.2, 0.25) is 10.0 Å². The van der Waals surface area contributed by atoms with Crippen LogP contribution in [-0.2, 0) is 5.75 Å². The molecule has 0 aromatic heterocycles. The molecule has 1 N–H and O–H groups in total. The molecule has 2 aliphatic rings. The number of allylic oxidation sites excluding steroid dienone is 2. The van der Waals surface area contributed by atoms with Gasteiger partial charge in [-0.3, -0.25) is 0 Å². The molecule has 3 atom stereocenters. The molecule has 0 amide bonds. The van der Waals surface area contributed by atoms with Crippen molar-refractivity contribution in [2.75, 3.05) is 5.32 Å². The second-order valence-corrected chi connectivity index (χ2v) is 10.0. The number of thioether (sulfide) groups is 1. The predicted molar refractivity (Wildman–Crippen MR) is 130 cm³/mol. The molecule has 3 aromatic carbocycles. The third kappa shape index (κ3) is 3.77. The molecule has 3 aromatic rings. The summed E-state index contributed by atoms with van der Waals surface area (Å²) in [4.78, 5) is 1.31. The molecule has 152 valence electrons. The Hall–Kier alpha value is -1.87. The molecule has 4 heteroatoms. The number of benzene rings is 3. The summed E-state index contributed by atoms with van der Waals surface area (Å²) in [7, 11) is 0. The van der Waals surface area contributed by atoms with E-state index in [4.69, 9.17) is 23.2 Å². The van der Waals surface area contributed by atoms with Crippen LogP contribution in [0.15, 0.2) is 77.7 Å². The van der Waals surface area contributed by atoms with E-state index in [2.05, 4.69) is 72.9 Å². The SMILES string of the molecule is Cc1cc(CSc2ccccc2)cc2c1N[C@H](c1ccc(Cl)cc1Cl)[C@@H]1CC=C[C@@H]21. The maximum atomic E-state index is 6.60. The largest absolute Gasteiger partial charge is 0.377 e. The van der Waals surface area contributed by atoms with E-state index in [0.29, 0.717) is 16.9 Å². The van der Waals surface area contributed by atoms with Gasteiger partial charge in [-0.2, -0.15) is 0 Å². The zero-order chi connectivity index (χ0) is 20.7. The third-order valence-corrected chi connectivity index (χ3v) is 7.82. The summed E-state index contributed by atoms with van der Waals surface area (Å²) < 4.78 is 0. The van der Waals surface area contributed by atoms with Gasteiger partial charge in [-0.1, -0.05) is 71.8 Å². The van der Waals surface area contributed by atoms with Gasteiger partial charge in [0.2, 0.25) is 0 Å². The lowest BCUT2D eigenvalue weighted by Gasteiger charge is -2.39. The molecule has 0 bridgehead atoms. The highest BCUT2D eigenvalue weighted by atomic mass is 35.5. The number of nitrogens with one attached hydrogen (secondary N) is 1. The molecule has 1 aliphatic carbocycles. The first-order valence-corrected chi connectivity index (χ1v) is 12.0. The molecule has 0 fully saturated rings. The highest BCUT2D eigenvalue weighted by molar-refractivity contribution is 7.98. The van der Waals surface area contributed by atoms with Crippen LogP contribution < -0.4 is 5.32 Å². The zero-order valence-corrected chi connectivity index (χ0v) is 19.1. The summed E-state index contributed by atoms with van der Waals surface area (Å²) in [5, 5.41) is 5.26. The molecule has 1 aliphatic heterocycles. The quantitative estimate of drug-likeness (QED) is 0.315. The van der Waals surface area contributed by atoms with Crippen molar-refractivity contribution < 1.29 is 0 Å². The van der Waals surface area contributed by atoms with Gasteiger partial charge in [0.15, 0.2) is 0 Å². The van der Waals surface area contributed by atoms with Crippen molar-refractivity contribution >= 4 is 40.7 Å². The van der Waals surface area contributed by atoms with E-state index in [1.807, 2.05) is 23.9 Å². The topological polar surface area (TPSA) is 12.0 Å². The van der Waals surface area contributed by atoms with Gasteiger partial charge in [0, 0.05) is 32.3 Å². The predicted octanol–water partition coefficient (Wildman–Crippen LogP) is 8.42. The zero-order valence-electron chi connectivity index (χ0n) is 16.7. The van der Waals surface area contributed by atoms with E-state index in [1.165, 1.54) is 27.3 Å². The Kier molecular flexibility index (Phi) is 5.58. The van der Waals surface area contributed by atoms with Gasteiger partial charge < -0.3 is 5.32 Å². The molecular formula is C26H23Cl2NS.